The largest absolute Gasteiger partial charge is 0.347 e. The first-order chi connectivity index (χ1) is 14.1. The summed E-state index contributed by atoms with van der Waals surface area (Å²) in [5.41, 5.74) is 0.714. The fraction of sp³-hybridized carbons (Fsp3) is 0.474. The summed E-state index contributed by atoms with van der Waals surface area (Å²) in [5, 5.41) is 11.9. The number of hydrogen-bond donors (Lipinski definition) is 1. The van der Waals surface area contributed by atoms with E-state index in [-0.39, 0.29) is 11.8 Å². The van der Waals surface area contributed by atoms with Crippen molar-refractivity contribution in [2.45, 2.75) is 24.4 Å². The quantitative estimate of drug-likeness (QED) is 0.746. The number of piperidine rings is 1. The van der Waals surface area contributed by atoms with Gasteiger partial charge in [0.05, 0.1) is 19.0 Å². The lowest BCUT2D eigenvalue weighted by atomic mass is 10.0. The molecule has 2 aliphatic rings. The van der Waals surface area contributed by atoms with Gasteiger partial charge in [-0.1, -0.05) is 29.5 Å². The summed E-state index contributed by atoms with van der Waals surface area (Å²) in [6.45, 7) is 2.58. The highest BCUT2D eigenvalue weighted by Crippen LogP contribution is 2.31. The number of rotatable bonds is 6. The first kappa shape index (κ1) is 20.3. The number of para-hydroxylation sites is 1. The third kappa shape index (κ3) is 5.13. The molecule has 2 aromatic rings. The van der Waals surface area contributed by atoms with Gasteiger partial charge in [0.25, 0.3) is 5.91 Å². The van der Waals surface area contributed by atoms with Gasteiger partial charge in [0.1, 0.15) is 5.01 Å². The first-order valence-electron chi connectivity index (χ1n) is 9.46. The molecule has 0 atom stereocenters. The van der Waals surface area contributed by atoms with Crippen molar-refractivity contribution in [3.05, 3.63) is 40.3 Å². The van der Waals surface area contributed by atoms with E-state index in [2.05, 4.69) is 15.5 Å². The third-order valence-corrected chi connectivity index (χ3v) is 6.87. The number of carbonyl (C=O) groups is 2. The van der Waals surface area contributed by atoms with Crippen molar-refractivity contribution in [2.75, 3.05) is 37.4 Å². The number of hydrogen-bond acceptors (Lipinski definition) is 8. The molecule has 0 radical (unpaired) electrons. The van der Waals surface area contributed by atoms with Crippen molar-refractivity contribution in [1.29, 1.82) is 0 Å². The molecule has 0 aliphatic carbocycles. The maximum absolute atomic E-state index is 12.4. The summed E-state index contributed by atoms with van der Waals surface area (Å²) in [4.78, 5) is 26.5. The standard InChI is InChI=1S/C19H22N4O4S2/c24-16(23-8-6-19(7-9-23)26-10-11-27-19)13-28-12-15-21-22-18(29-15)17(25)20-14-4-2-1-3-5-14/h1-5H,6-13H2,(H,20,25). The summed E-state index contributed by atoms with van der Waals surface area (Å²) in [6, 6.07) is 9.22. The smallest absolute Gasteiger partial charge is 0.286 e. The Labute approximate surface area is 177 Å². The summed E-state index contributed by atoms with van der Waals surface area (Å²) in [5.74, 6) is 0.285. The van der Waals surface area contributed by atoms with Crippen molar-refractivity contribution in [3.63, 3.8) is 0 Å². The zero-order valence-corrected chi connectivity index (χ0v) is 17.5. The molecule has 10 heteroatoms. The summed E-state index contributed by atoms with van der Waals surface area (Å²) in [7, 11) is 0. The van der Waals surface area contributed by atoms with Crippen LogP contribution in [0, 0.1) is 0 Å². The second-order valence-corrected chi connectivity index (χ2v) is 8.85. The molecule has 2 fully saturated rings. The van der Waals surface area contributed by atoms with Crippen LogP contribution in [0.15, 0.2) is 30.3 Å². The van der Waals surface area contributed by atoms with Crippen LogP contribution < -0.4 is 5.32 Å². The number of amides is 2. The Balaban J connectivity index is 1.20. The van der Waals surface area contributed by atoms with Crippen LogP contribution >= 0.6 is 23.1 Å². The number of nitrogens with zero attached hydrogens (tertiary/aromatic N) is 3. The minimum atomic E-state index is -0.465. The molecule has 1 aromatic heterocycles. The van der Waals surface area contributed by atoms with Crippen molar-refractivity contribution >= 4 is 40.6 Å². The molecule has 0 saturated carbocycles. The van der Waals surface area contributed by atoms with E-state index in [1.54, 1.807) is 0 Å². The fourth-order valence-corrected chi connectivity index (χ4v) is 5.02. The normalized spacial score (nSPS) is 18.1. The lowest BCUT2D eigenvalue weighted by Crippen LogP contribution is -2.47. The number of aromatic nitrogens is 2. The Morgan fingerprint density at radius 3 is 2.59 bits per heavy atom. The third-order valence-electron chi connectivity index (χ3n) is 4.84. The average molecular weight is 435 g/mol. The van der Waals surface area contributed by atoms with Crippen LogP contribution in [0.4, 0.5) is 5.69 Å². The molecule has 154 valence electrons. The minimum Gasteiger partial charge on any atom is -0.347 e. The van der Waals surface area contributed by atoms with Crippen LogP contribution in [0.5, 0.6) is 0 Å². The van der Waals surface area contributed by atoms with Gasteiger partial charge >= 0.3 is 0 Å². The topological polar surface area (TPSA) is 93.7 Å². The Morgan fingerprint density at radius 1 is 1.14 bits per heavy atom. The van der Waals surface area contributed by atoms with Crippen molar-refractivity contribution in [1.82, 2.24) is 15.1 Å². The van der Waals surface area contributed by atoms with E-state index in [4.69, 9.17) is 9.47 Å². The number of benzene rings is 1. The van der Waals surface area contributed by atoms with Crippen molar-refractivity contribution in [3.8, 4) is 0 Å². The molecule has 29 heavy (non-hydrogen) atoms. The molecule has 1 aromatic carbocycles. The highest BCUT2D eigenvalue weighted by molar-refractivity contribution is 7.99. The van der Waals surface area contributed by atoms with E-state index < -0.39 is 5.79 Å². The molecule has 0 bridgehead atoms. The number of thioether (sulfide) groups is 1. The minimum absolute atomic E-state index is 0.106. The monoisotopic (exact) mass is 434 g/mol. The number of nitrogens with one attached hydrogen (secondary N) is 1. The lowest BCUT2D eigenvalue weighted by Gasteiger charge is -2.37. The number of anilines is 1. The lowest BCUT2D eigenvalue weighted by molar-refractivity contribution is -0.186. The molecule has 1 N–H and O–H groups in total. The van der Waals surface area contributed by atoms with Crippen LogP contribution in [0.25, 0.3) is 0 Å². The molecule has 4 rings (SSSR count). The van der Waals surface area contributed by atoms with E-state index in [0.29, 0.717) is 48.5 Å². The molecule has 2 aliphatic heterocycles. The van der Waals surface area contributed by atoms with E-state index in [1.807, 2.05) is 35.2 Å². The zero-order valence-electron chi connectivity index (χ0n) is 15.8. The fourth-order valence-electron chi connectivity index (χ4n) is 3.31. The summed E-state index contributed by atoms with van der Waals surface area (Å²) >= 11 is 2.73. The van der Waals surface area contributed by atoms with Gasteiger partial charge in [0, 0.05) is 37.4 Å². The molecule has 1 spiro atoms. The highest BCUT2D eigenvalue weighted by Gasteiger charge is 2.40. The maximum atomic E-state index is 12.4. The Bertz CT molecular complexity index is 845. The van der Waals surface area contributed by atoms with Crippen LogP contribution in [-0.4, -0.2) is 64.8 Å². The summed E-state index contributed by atoms with van der Waals surface area (Å²) < 4.78 is 11.4. The molecule has 3 heterocycles. The summed E-state index contributed by atoms with van der Waals surface area (Å²) in [6.07, 6.45) is 1.44. The van der Waals surface area contributed by atoms with E-state index in [0.717, 1.165) is 17.8 Å². The van der Waals surface area contributed by atoms with E-state index in [9.17, 15) is 9.59 Å². The highest BCUT2D eigenvalue weighted by atomic mass is 32.2. The van der Waals surface area contributed by atoms with Gasteiger partial charge in [-0.3, -0.25) is 9.59 Å². The van der Waals surface area contributed by atoms with E-state index >= 15 is 0 Å². The molecular weight excluding hydrogens is 412 g/mol. The van der Waals surface area contributed by atoms with Crippen molar-refractivity contribution < 1.29 is 19.1 Å². The Kier molecular flexibility index (Phi) is 6.43. The number of carbonyl (C=O) groups excluding carboxylic acids is 2. The average Bonchev–Trinajstić information content (AvgIpc) is 3.39. The van der Waals surface area contributed by atoms with E-state index in [1.165, 1.54) is 23.1 Å². The van der Waals surface area contributed by atoms with Gasteiger partial charge in [-0.25, -0.2) is 0 Å². The number of ether oxygens (including phenoxy) is 2. The maximum Gasteiger partial charge on any atom is 0.286 e. The zero-order chi connectivity index (χ0) is 20.1. The molecule has 8 nitrogen and oxygen atoms in total. The van der Waals surface area contributed by atoms with Gasteiger partial charge in [0.15, 0.2) is 5.79 Å². The SMILES string of the molecule is O=C(Nc1ccccc1)c1nnc(CSCC(=O)N2CCC3(CC2)OCCO3)s1. The van der Waals surface area contributed by atoms with Gasteiger partial charge in [-0.2, -0.15) is 0 Å². The Hall–Kier alpha value is -2.01. The molecule has 0 unspecified atom stereocenters. The molecule has 2 amide bonds. The van der Waals surface area contributed by atoms with Gasteiger partial charge in [0.2, 0.25) is 10.9 Å². The predicted octanol–water partition coefficient (Wildman–Crippen LogP) is 2.39. The second kappa shape index (κ2) is 9.21. The molecular formula is C19H22N4O4S2. The van der Waals surface area contributed by atoms with Crippen molar-refractivity contribution in [2.24, 2.45) is 0 Å². The van der Waals surface area contributed by atoms with Crippen LogP contribution in [0.1, 0.15) is 27.7 Å². The van der Waals surface area contributed by atoms with Crippen LogP contribution in [0.3, 0.4) is 0 Å². The molecule has 2 saturated heterocycles. The second-order valence-electron chi connectivity index (χ2n) is 6.80. The van der Waals surface area contributed by atoms with Gasteiger partial charge in [-0.15, -0.1) is 22.0 Å². The first-order valence-corrected chi connectivity index (χ1v) is 11.4. The van der Waals surface area contributed by atoms with Gasteiger partial charge in [-0.05, 0) is 12.1 Å². The number of likely N-dealkylation sites (tertiary alicyclic amines) is 1. The predicted molar refractivity (Wildman–Crippen MR) is 111 cm³/mol. The van der Waals surface area contributed by atoms with Crippen LogP contribution in [-0.2, 0) is 20.0 Å². The Morgan fingerprint density at radius 2 is 1.86 bits per heavy atom. The van der Waals surface area contributed by atoms with Gasteiger partial charge < -0.3 is 19.7 Å². The van der Waals surface area contributed by atoms with Crippen LogP contribution in [0.2, 0.25) is 0 Å².